The van der Waals surface area contributed by atoms with Crippen molar-refractivity contribution in [2.24, 2.45) is 28.7 Å². The third-order valence-corrected chi connectivity index (χ3v) is 23.1. The Morgan fingerprint density at radius 2 is 0.761 bits per heavy atom. The van der Waals surface area contributed by atoms with Crippen molar-refractivity contribution in [3.8, 4) is 0 Å². The molecule has 0 bridgehead atoms. The summed E-state index contributed by atoms with van der Waals surface area (Å²) in [5.74, 6) is 0. The first-order chi connectivity index (χ1) is 21.2. The monoisotopic (exact) mass is 723 g/mol. The van der Waals surface area contributed by atoms with E-state index in [2.05, 4.69) is 203 Å². The average molecular weight is 724 g/mol. The summed E-state index contributed by atoms with van der Waals surface area (Å²) in [6.45, 7) is 0.540. The zero-order chi connectivity index (χ0) is 35.7. The highest BCUT2D eigenvalue weighted by Crippen LogP contribution is 2.78. The number of nitrogens with zero attached hydrogens (tertiary/aromatic N) is 15. The molecule has 1 aromatic rings. The number of hydrogen-bond acceptors (Lipinski definition) is 1. The van der Waals surface area contributed by atoms with Crippen molar-refractivity contribution in [3.63, 3.8) is 0 Å². The molecule has 0 heterocycles. The molecule has 0 amide bonds. The minimum Gasteiger partial charge on any atom is -0.252 e. The van der Waals surface area contributed by atoms with Gasteiger partial charge in [0.2, 0.25) is 0 Å². The van der Waals surface area contributed by atoms with Crippen molar-refractivity contribution in [2.45, 2.75) is 12.8 Å². The molecular weight excluding hydrogens is 658 g/mol. The van der Waals surface area contributed by atoms with Gasteiger partial charge in [0.05, 0.1) is 6.54 Å². The van der Waals surface area contributed by atoms with Gasteiger partial charge in [-0.3, -0.25) is 42.0 Å². The van der Waals surface area contributed by atoms with Crippen LogP contribution in [0.5, 0.6) is 0 Å². The highest BCUT2D eigenvalue weighted by Gasteiger charge is 2.41. The summed E-state index contributed by atoms with van der Waals surface area (Å²) in [7, 11) is 26.0. The molecule has 0 N–H and O–H groups in total. The molecule has 0 radical (unpaired) electrons. The molecule has 0 saturated carbocycles. The van der Waals surface area contributed by atoms with Crippen LogP contribution in [0.2, 0.25) is 0 Å². The maximum Gasteiger partial charge on any atom is 0.331 e. The second-order valence-electron chi connectivity index (χ2n) is 12.7. The van der Waals surface area contributed by atoms with Gasteiger partial charge in [-0.15, -0.1) is 0 Å². The molecule has 19 heteroatoms. The molecule has 46 heavy (non-hydrogen) atoms. The first kappa shape index (κ1) is 43.4. The Balaban J connectivity index is 4.61. The van der Waals surface area contributed by atoms with E-state index >= 15 is 0 Å². The molecule has 0 spiro atoms. The van der Waals surface area contributed by atoms with E-state index in [-0.39, 0.29) is 0 Å². The third-order valence-electron chi connectivity index (χ3n) is 7.34. The van der Waals surface area contributed by atoms with E-state index in [0.717, 1.165) is 12.8 Å². The van der Waals surface area contributed by atoms with Crippen molar-refractivity contribution < 1.29 is 0 Å². The van der Waals surface area contributed by atoms with E-state index in [1.54, 1.807) is 0 Å². The Morgan fingerprint density at radius 3 is 1.04 bits per heavy atom. The van der Waals surface area contributed by atoms with Gasteiger partial charge in [-0.25, -0.2) is 0 Å². The maximum atomic E-state index is 5.81. The molecular formula is C27H65N15P4. The van der Waals surface area contributed by atoms with Crippen LogP contribution in [-0.2, 0) is 6.42 Å². The summed E-state index contributed by atoms with van der Waals surface area (Å²) in [6, 6.07) is 10.5. The minimum absolute atomic E-state index is 0.540. The van der Waals surface area contributed by atoms with Crippen molar-refractivity contribution in [1.82, 2.24) is 42.0 Å². The van der Waals surface area contributed by atoms with Crippen molar-refractivity contribution in [3.05, 3.63) is 35.9 Å². The fourth-order valence-electron chi connectivity index (χ4n) is 5.66. The number of rotatable bonds is 17. The lowest BCUT2D eigenvalue weighted by molar-refractivity contribution is 0.472. The van der Waals surface area contributed by atoms with Crippen LogP contribution in [0, 0.1) is 0 Å². The lowest BCUT2D eigenvalue weighted by Crippen LogP contribution is -2.32. The van der Waals surface area contributed by atoms with E-state index in [4.69, 9.17) is 18.4 Å². The minimum atomic E-state index is -3.44. The predicted octanol–water partition coefficient (Wildman–Crippen LogP) is 6.83. The van der Waals surface area contributed by atoms with Crippen LogP contribution in [0.15, 0.2) is 59.1 Å². The molecule has 0 aliphatic rings. The molecule has 1 rings (SSSR count). The largest absolute Gasteiger partial charge is 0.331 e. The summed E-state index contributed by atoms with van der Waals surface area (Å²) < 4.78 is 37.1. The standard InChI is InChI=1S/C27H65N15P4/c1-34(2)44(35(3)4,36(5)6)31-43(32-45(37(7)8,38(9)10)39(11)12,33-46(40(13)14,41(15)16)42(17)18)30-29-28-26-22-25-27-23-20-19-21-24-27/h19-21,23-24H,22,25-26H2,1-18H3. The van der Waals surface area contributed by atoms with E-state index in [1.165, 1.54) is 5.56 Å². The zero-order valence-corrected chi connectivity index (χ0v) is 35.6. The topological polar surface area (TPSA) is 103 Å². The quantitative estimate of drug-likeness (QED) is 0.0741. The molecule has 15 nitrogen and oxygen atoms in total. The van der Waals surface area contributed by atoms with Gasteiger partial charge < -0.3 is 0 Å². The summed E-state index contributed by atoms with van der Waals surface area (Å²) in [4.78, 5) is 5.11. The Labute approximate surface area is 282 Å². The van der Waals surface area contributed by atoms with Crippen LogP contribution < -0.4 is 0 Å². The lowest BCUT2D eigenvalue weighted by atomic mass is 10.1. The molecule has 1 aromatic carbocycles. The fraction of sp³-hybridized carbons (Fsp3) is 0.778. The maximum absolute atomic E-state index is 5.81. The fourth-order valence-corrected chi connectivity index (χ4v) is 23.7. The number of hydrogen-bond donors (Lipinski definition) is 0. The van der Waals surface area contributed by atoms with Crippen LogP contribution in [0.3, 0.4) is 0 Å². The van der Waals surface area contributed by atoms with E-state index in [9.17, 15) is 0 Å². The number of aryl methyl sites for hydroxylation is 1. The van der Waals surface area contributed by atoms with Gasteiger partial charge in [-0.05, 0) is 150 Å². The van der Waals surface area contributed by atoms with Crippen LogP contribution in [-0.4, -0.2) is 175 Å². The second kappa shape index (κ2) is 18.4. The van der Waals surface area contributed by atoms with Gasteiger partial charge >= 0.3 is 7.51 Å². The second-order valence-corrected chi connectivity index (χ2v) is 26.5. The Bertz CT molecular complexity index is 1130. The van der Waals surface area contributed by atoms with Crippen LogP contribution in [0.4, 0.5) is 0 Å². The molecule has 0 unspecified atom stereocenters. The molecule has 0 atom stereocenters. The molecule has 0 fully saturated rings. The van der Waals surface area contributed by atoms with E-state index < -0.39 is 30.0 Å². The number of benzene rings is 1. The molecule has 0 aliphatic heterocycles. The van der Waals surface area contributed by atoms with Crippen molar-refractivity contribution in [1.29, 1.82) is 0 Å². The first-order valence-electron chi connectivity index (χ1n) is 15.2. The Kier molecular flexibility index (Phi) is 17.4. The van der Waals surface area contributed by atoms with Gasteiger partial charge in [-0.2, -0.15) is 18.7 Å². The van der Waals surface area contributed by atoms with Crippen molar-refractivity contribution in [2.75, 3.05) is 133 Å². The van der Waals surface area contributed by atoms with Gasteiger partial charge in [0.25, 0.3) is 0 Å². The Hall–Kier alpha value is -0.620. The van der Waals surface area contributed by atoms with Gasteiger partial charge in [0.15, 0.2) is 22.5 Å². The van der Waals surface area contributed by atoms with Crippen LogP contribution in [0.25, 0.3) is 0 Å². The van der Waals surface area contributed by atoms with Gasteiger partial charge in [0.1, 0.15) is 0 Å². The molecule has 0 saturated heterocycles. The zero-order valence-electron chi connectivity index (χ0n) is 32.0. The van der Waals surface area contributed by atoms with E-state index in [1.807, 2.05) is 6.07 Å². The summed E-state index contributed by atoms with van der Waals surface area (Å²) in [5.41, 5.74) is 1.28. The SMILES string of the molecule is CN(C)P(=NP(=NN=NCCCc1ccccc1)(N=P(N(C)C)(N(C)C)N(C)C)N=P(N(C)C)(N(C)C)N(C)C)(N(C)C)N(C)C. The molecule has 268 valence electrons. The highest BCUT2D eigenvalue weighted by atomic mass is 31.3. The average Bonchev–Trinajstić information content (AvgIpc) is 2.94. The molecule has 0 aromatic heterocycles. The van der Waals surface area contributed by atoms with Crippen LogP contribution in [0.1, 0.15) is 12.0 Å². The molecule has 0 aliphatic carbocycles. The van der Waals surface area contributed by atoms with Crippen LogP contribution >= 0.6 is 30.0 Å². The van der Waals surface area contributed by atoms with Gasteiger partial charge in [-0.1, -0.05) is 35.2 Å². The Morgan fingerprint density at radius 1 is 0.457 bits per heavy atom. The normalized spacial score (nSPS) is 14.1. The lowest BCUT2D eigenvalue weighted by Gasteiger charge is -2.45. The van der Waals surface area contributed by atoms with Gasteiger partial charge in [0, 0.05) is 0 Å². The first-order valence-corrected chi connectivity index (χ1v) is 21.6. The smallest absolute Gasteiger partial charge is 0.252 e. The summed E-state index contributed by atoms with van der Waals surface area (Å²) in [6.07, 6.45) is 1.78. The summed E-state index contributed by atoms with van der Waals surface area (Å²) in [5, 5.41) is 9.15. The van der Waals surface area contributed by atoms with Crippen molar-refractivity contribution >= 4 is 30.0 Å². The highest BCUT2D eigenvalue weighted by molar-refractivity contribution is 7.80. The third kappa shape index (κ3) is 9.75. The summed E-state index contributed by atoms with van der Waals surface area (Å²) >= 11 is 0. The predicted molar refractivity (Wildman–Crippen MR) is 205 cm³/mol. The van der Waals surface area contributed by atoms with E-state index in [0.29, 0.717) is 6.54 Å².